The standard InChI is InChI=1S/C11H9F3N2OS/c12-11(13,14)9-2-1-8(5-7(9)6-15)18-10-16-3-4-17-10/h1-5H,6,15H2. The highest BCUT2D eigenvalue weighted by molar-refractivity contribution is 7.99. The van der Waals surface area contributed by atoms with Crippen molar-refractivity contribution in [3.05, 3.63) is 41.8 Å². The monoisotopic (exact) mass is 274 g/mol. The fraction of sp³-hybridized carbons (Fsp3) is 0.182. The van der Waals surface area contributed by atoms with Gasteiger partial charge in [-0.25, -0.2) is 4.98 Å². The highest BCUT2D eigenvalue weighted by Gasteiger charge is 2.32. The van der Waals surface area contributed by atoms with Gasteiger partial charge in [0.05, 0.1) is 11.8 Å². The lowest BCUT2D eigenvalue weighted by molar-refractivity contribution is -0.138. The maximum absolute atomic E-state index is 12.7. The Hall–Kier alpha value is -1.47. The Morgan fingerprint density at radius 2 is 2.11 bits per heavy atom. The minimum Gasteiger partial charge on any atom is -0.440 e. The zero-order chi connectivity index (χ0) is 13.2. The average molecular weight is 274 g/mol. The molecule has 0 atom stereocenters. The molecule has 0 aliphatic heterocycles. The first-order chi connectivity index (χ1) is 8.50. The second kappa shape index (κ2) is 5.03. The fourth-order valence-electron chi connectivity index (χ4n) is 1.44. The third-order valence-corrected chi connectivity index (χ3v) is 3.08. The molecule has 0 amide bonds. The van der Waals surface area contributed by atoms with Crippen molar-refractivity contribution in [1.82, 2.24) is 4.98 Å². The molecule has 1 heterocycles. The molecule has 2 rings (SSSR count). The van der Waals surface area contributed by atoms with Crippen LogP contribution in [0.2, 0.25) is 0 Å². The number of nitrogens with zero attached hydrogens (tertiary/aromatic N) is 1. The lowest BCUT2D eigenvalue weighted by Crippen LogP contribution is -2.11. The van der Waals surface area contributed by atoms with E-state index < -0.39 is 11.7 Å². The van der Waals surface area contributed by atoms with Crippen molar-refractivity contribution in [1.29, 1.82) is 0 Å². The first-order valence-electron chi connectivity index (χ1n) is 4.98. The summed E-state index contributed by atoms with van der Waals surface area (Å²) < 4.78 is 43.0. The van der Waals surface area contributed by atoms with Gasteiger partial charge in [-0.15, -0.1) is 0 Å². The van der Waals surface area contributed by atoms with E-state index >= 15 is 0 Å². The average Bonchev–Trinajstić information content (AvgIpc) is 2.80. The summed E-state index contributed by atoms with van der Waals surface area (Å²) in [5.74, 6) is 0. The van der Waals surface area contributed by atoms with Gasteiger partial charge in [0, 0.05) is 11.4 Å². The van der Waals surface area contributed by atoms with Gasteiger partial charge in [0.15, 0.2) is 0 Å². The molecule has 0 saturated heterocycles. The zero-order valence-corrected chi connectivity index (χ0v) is 9.89. The van der Waals surface area contributed by atoms with Crippen molar-refractivity contribution < 1.29 is 17.6 Å². The molecule has 0 aliphatic rings. The molecule has 96 valence electrons. The van der Waals surface area contributed by atoms with Gasteiger partial charge in [0.2, 0.25) is 0 Å². The molecule has 18 heavy (non-hydrogen) atoms. The zero-order valence-electron chi connectivity index (χ0n) is 9.07. The van der Waals surface area contributed by atoms with Crippen molar-refractivity contribution in [3.8, 4) is 0 Å². The molecule has 2 aromatic rings. The van der Waals surface area contributed by atoms with Gasteiger partial charge in [-0.05, 0) is 35.5 Å². The number of benzene rings is 1. The van der Waals surface area contributed by atoms with E-state index in [0.717, 1.165) is 17.8 Å². The number of rotatable bonds is 3. The van der Waals surface area contributed by atoms with Gasteiger partial charge in [-0.1, -0.05) is 0 Å². The van der Waals surface area contributed by atoms with Crippen LogP contribution >= 0.6 is 11.8 Å². The molecule has 2 N–H and O–H groups in total. The van der Waals surface area contributed by atoms with Gasteiger partial charge in [-0.2, -0.15) is 13.2 Å². The van der Waals surface area contributed by atoms with Gasteiger partial charge in [-0.3, -0.25) is 0 Å². The number of nitrogens with two attached hydrogens (primary N) is 1. The number of aromatic nitrogens is 1. The highest BCUT2D eigenvalue weighted by atomic mass is 32.2. The fourth-order valence-corrected chi connectivity index (χ4v) is 2.20. The van der Waals surface area contributed by atoms with E-state index in [1.807, 2.05) is 0 Å². The minimum atomic E-state index is -4.39. The SMILES string of the molecule is NCc1cc(Sc2ncco2)ccc1C(F)(F)F. The Labute approximate surface area is 105 Å². The molecular formula is C11H9F3N2OS. The Morgan fingerprint density at radius 3 is 2.67 bits per heavy atom. The number of alkyl halides is 3. The summed E-state index contributed by atoms with van der Waals surface area (Å²) in [6.45, 7) is -0.172. The van der Waals surface area contributed by atoms with Crippen molar-refractivity contribution in [2.24, 2.45) is 5.73 Å². The van der Waals surface area contributed by atoms with Crippen LogP contribution in [0.3, 0.4) is 0 Å². The van der Waals surface area contributed by atoms with Gasteiger partial charge >= 0.3 is 6.18 Å². The van der Waals surface area contributed by atoms with Crippen LogP contribution in [0.4, 0.5) is 13.2 Å². The predicted octanol–water partition coefficient (Wildman–Crippen LogP) is 3.30. The summed E-state index contributed by atoms with van der Waals surface area (Å²) >= 11 is 1.14. The molecule has 0 aliphatic carbocycles. The van der Waals surface area contributed by atoms with Crippen molar-refractivity contribution in [2.45, 2.75) is 22.8 Å². The first kappa shape index (κ1) is 13.0. The molecule has 0 spiro atoms. The molecule has 0 saturated carbocycles. The molecule has 0 unspecified atom stereocenters. The molecule has 3 nitrogen and oxygen atoms in total. The third kappa shape index (κ3) is 2.85. The summed E-state index contributed by atoms with van der Waals surface area (Å²) in [7, 11) is 0. The summed E-state index contributed by atoms with van der Waals surface area (Å²) in [4.78, 5) is 4.48. The molecule has 7 heteroatoms. The van der Waals surface area contributed by atoms with Crippen LogP contribution in [0.1, 0.15) is 11.1 Å². The van der Waals surface area contributed by atoms with Crippen molar-refractivity contribution >= 4 is 11.8 Å². The Morgan fingerprint density at radius 1 is 1.33 bits per heavy atom. The van der Waals surface area contributed by atoms with Crippen LogP contribution in [0.5, 0.6) is 0 Å². The second-order valence-corrected chi connectivity index (χ2v) is 4.45. The number of hydrogen-bond donors (Lipinski definition) is 1. The van der Waals surface area contributed by atoms with Crippen LogP contribution in [0, 0.1) is 0 Å². The van der Waals surface area contributed by atoms with Crippen molar-refractivity contribution in [3.63, 3.8) is 0 Å². The van der Waals surface area contributed by atoms with E-state index in [1.54, 1.807) is 0 Å². The van der Waals surface area contributed by atoms with Crippen LogP contribution in [-0.2, 0) is 12.7 Å². The largest absolute Gasteiger partial charge is 0.440 e. The van der Waals surface area contributed by atoms with E-state index in [0.29, 0.717) is 10.1 Å². The second-order valence-electron chi connectivity index (χ2n) is 3.42. The van der Waals surface area contributed by atoms with E-state index in [4.69, 9.17) is 10.2 Å². The van der Waals surface area contributed by atoms with E-state index in [9.17, 15) is 13.2 Å². The Balaban J connectivity index is 2.30. The lowest BCUT2D eigenvalue weighted by Gasteiger charge is -2.12. The van der Waals surface area contributed by atoms with Crippen LogP contribution < -0.4 is 5.73 Å². The van der Waals surface area contributed by atoms with Gasteiger partial charge in [0.25, 0.3) is 5.22 Å². The van der Waals surface area contributed by atoms with Gasteiger partial charge < -0.3 is 10.2 Å². The topological polar surface area (TPSA) is 52.0 Å². The Kier molecular flexibility index (Phi) is 3.63. The maximum atomic E-state index is 12.7. The normalized spacial score (nSPS) is 11.8. The number of halogens is 3. The number of hydrogen-bond acceptors (Lipinski definition) is 4. The summed E-state index contributed by atoms with van der Waals surface area (Å²) in [5, 5.41) is 0.373. The predicted molar refractivity (Wildman–Crippen MR) is 60.0 cm³/mol. The highest BCUT2D eigenvalue weighted by Crippen LogP contribution is 2.35. The summed E-state index contributed by atoms with van der Waals surface area (Å²) in [5.41, 5.74) is 4.69. The lowest BCUT2D eigenvalue weighted by atomic mass is 10.1. The van der Waals surface area contributed by atoms with E-state index in [1.165, 1.54) is 24.6 Å². The summed E-state index contributed by atoms with van der Waals surface area (Å²) in [6.07, 6.45) is -1.52. The Bertz CT molecular complexity index is 526. The molecular weight excluding hydrogens is 265 g/mol. The molecule has 0 bridgehead atoms. The van der Waals surface area contributed by atoms with Gasteiger partial charge in [0.1, 0.15) is 6.26 Å². The molecule has 1 aromatic heterocycles. The maximum Gasteiger partial charge on any atom is 0.416 e. The van der Waals surface area contributed by atoms with Crippen LogP contribution in [0.15, 0.2) is 45.2 Å². The number of oxazole rings is 1. The molecule has 0 radical (unpaired) electrons. The van der Waals surface area contributed by atoms with Crippen LogP contribution in [-0.4, -0.2) is 4.98 Å². The minimum absolute atomic E-state index is 0.0547. The van der Waals surface area contributed by atoms with Crippen LogP contribution in [0.25, 0.3) is 0 Å². The molecule has 0 fully saturated rings. The van der Waals surface area contributed by atoms with E-state index in [-0.39, 0.29) is 12.1 Å². The summed E-state index contributed by atoms with van der Waals surface area (Å²) in [6, 6.07) is 3.79. The quantitative estimate of drug-likeness (QED) is 0.933. The molecule has 1 aromatic carbocycles. The first-order valence-corrected chi connectivity index (χ1v) is 5.80. The van der Waals surface area contributed by atoms with E-state index in [2.05, 4.69) is 4.98 Å². The van der Waals surface area contributed by atoms with Crippen molar-refractivity contribution in [2.75, 3.05) is 0 Å². The third-order valence-electron chi connectivity index (χ3n) is 2.22. The smallest absolute Gasteiger partial charge is 0.416 e.